The molecule has 0 unspecified atom stereocenters. The zero-order chi connectivity index (χ0) is 14.2. The van der Waals surface area contributed by atoms with Crippen molar-refractivity contribution >= 4 is 0 Å². The first-order valence-electron chi connectivity index (χ1n) is 7.15. The summed E-state index contributed by atoms with van der Waals surface area (Å²) < 4.78 is 39.8. The topological polar surface area (TPSA) is 15.3 Å². The van der Waals surface area contributed by atoms with Crippen molar-refractivity contribution in [2.45, 2.75) is 25.8 Å². The molecule has 1 N–H and O–H groups in total. The van der Waals surface area contributed by atoms with Gasteiger partial charge in [0.2, 0.25) is 0 Å². The van der Waals surface area contributed by atoms with Gasteiger partial charge < -0.3 is 5.32 Å². The first-order valence-corrected chi connectivity index (χ1v) is 7.15. The Bertz CT molecular complexity index is 498. The van der Waals surface area contributed by atoms with Crippen LogP contribution in [0.5, 0.6) is 0 Å². The van der Waals surface area contributed by atoms with Crippen LogP contribution in [0.15, 0.2) is 12.1 Å². The molecule has 2 nitrogen and oxygen atoms in total. The molecule has 2 aliphatic rings. The van der Waals surface area contributed by atoms with Crippen molar-refractivity contribution in [3.8, 4) is 0 Å². The fourth-order valence-electron chi connectivity index (χ4n) is 3.45. The third-order valence-corrected chi connectivity index (χ3v) is 4.66. The van der Waals surface area contributed by atoms with Crippen molar-refractivity contribution < 1.29 is 13.2 Å². The van der Waals surface area contributed by atoms with E-state index >= 15 is 0 Å². The molecule has 3 rings (SSSR count). The second kappa shape index (κ2) is 5.37. The zero-order valence-electron chi connectivity index (χ0n) is 11.4. The van der Waals surface area contributed by atoms with E-state index in [-0.39, 0.29) is 5.56 Å². The molecule has 0 atom stereocenters. The fourth-order valence-corrected chi connectivity index (χ4v) is 3.45. The predicted molar refractivity (Wildman–Crippen MR) is 70.7 cm³/mol. The number of nitrogens with zero attached hydrogens (tertiary/aromatic N) is 1. The lowest BCUT2D eigenvalue weighted by atomic mass is 9.78. The van der Waals surface area contributed by atoms with Crippen LogP contribution < -0.4 is 5.32 Å². The summed E-state index contributed by atoms with van der Waals surface area (Å²) in [5.41, 5.74) is 0.579. The van der Waals surface area contributed by atoms with E-state index in [4.69, 9.17) is 0 Å². The lowest BCUT2D eigenvalue weighted by molar-refractivity contribution is 0.193. The number of halogens is 3. The summed E-state index contributed by atoms with van der Waals surface area (Å²) in [5.74, 6) is -2.75. The van der Waals surface area contributed by atoms with Gasteiger partial charge in [0.1, 0.15) is 5.82 Å². The van der Waals surface area contributed by atoms with Gasteiger partial charge in [-0.25, -0.2) is 13.2 Å². The van der Waals surface area contributed by atoms with Crippen molar-refractivity contribution in [2.24, 2.45) is 5.41 Å². The Balaban J connectivity index is 1.69. The van der Waals surface area contributed by atoms with E-state index in [0.29, 0.717) is 18.0 Å². The van der Waals surface area contributed by atoms with Crippen molar-refractivity contribution in [3.05, 3.63) is 35.1 Å². The molecule has 2 heterocycles. The zero-order valence-corrected chi connectivity index (χ0v) is 11.4. The minimum atomic E-state index is -1.12. The van der Waals surface area contributed by atoms with Gasteiger partial charge in [-0.2, -0.15) is 0 Å². The van der Waals surface area contributed by atoms with Gasteiger partial charge in [0.25, 0.3) is 0 Å². The largest absolute Gasteiger partial charge is 0.317 e. The highest BCUT2D eigenvalue weighted by Crippen LogP contribution is 2.39. The smallest absolute Gasteiger partial charge is 0.161 e. The third kappa shape index (κ3) is 2.69. The van der Waals surface area contributed by atoms with E-state index < -0.39 is 17.5 Å². The molecule has 0 aromatic heterocycles. The Morgan fingerprint density at radius 1 is 1.00 bits per heavy atom. The van der Waals surface area contributed by atoms with Crippen LogP contribution in [0.1, 0.15) is 24.8 Å². The fraction of sp³-hybridized carbons (Fsp3) is 0.600. The molecule has 2 aliphatic heterocycles. The van der Waals surface area contributed by atoms with Gasteiger partial charge in [-0.1, -0.05) is 0 Å². The highest BCUT2D eigenvalue weighted by molar-refractivity contribution is 5.20. The standard InChI is InChI=1S/C15H19F3N2/c16-12-8-14(18)13(17)7-11(12)9-20-6-3-15(10-20)1-4-19-5-2-15/h7-8,19H,1-6,9-10H2. The molecule has 0 bridgehead atoms. The summed E-state index contributed by atoms with van der Waals surface area (Å²) in [6.45, 7) is 4.25. The van der Waals surface area contributed by atoms with Gasteiger partial charge >= 0.3 is 0 Å². The van der Waals surface area contributed by atoms with Crippen molar-refractivity contribution in [1.29, 1.82) is 0 Å². The van der Waals surface area contributed by atoms with Crippen LogP contribution in [0.2, 0.25) is 0 Å². The Morgan fingerprint density at radius 3 is 2.45 bits per heavy atom. The third-order valence-electron chi connectivity index (χ3n) is 4.66. The van der Waals surface area contributed by atoms with Crippen LogP contribution in [0, 0.1) is 22.9 Å². The molecule has 1 aromatic carbocycles. The number of piperidine rings is 1. The van der Waals surface area contributed by atoms with Gasteiger partial charge in [0, 0.05) is 24.7 Å². The summed E-state index contributed by atoms with van der Waals surface area (Å²) in [6.07, 6.45) is 3.40. The number of rotatable bonds is 2. The number of hydrogen-bond acceptors (Lipinski definition) is 2. The van der Waals surface area contributed by atoms with Gasteiger partial charge in [0.15, 0.2) is 11.6 Å². The van der Waals surface area contributed by atoms with E-state index in [9.17, 15) is 13.2 Å². The van der Waals surface area contributed by atoms with E-state index in [0.717, 1.165) is 51.5 Å². The normalized spacial score (nSPS) is 22.6. The molecule has 0 aliphatic carbocycles. The quantitative estimate of drug-likeness (QED) is 0.840. The molecule has 2 saturated heterocycles. The molecular formula is C15H19F3N2. The molecule has 5 heteroatoms. The molecule has 1 aromatic rings. The van der Waals surface area contributed by atoms with Gasteiger partial charge in [-0.05, 0) is 50.4 Å². The van der Waals surface area contributed by atoms with Gasteiger partial charge in [-0.15, -0.1) is 0 Å². The summed E-state index contributed by atoms with van der Waals surface area (Å²) in [5, 5.41) is 3.35. The minimum absolute atomic E-state index is 0.245. The first-order chi connectivity index (χ1) is 9.58. The molecule has 0 saturated carbocycles. The average Bonchev–Trinajstić information content (AvgIpc) is 2.79. The highest BCUT2D eigenvalue weighted by Gasteiger charge is 2.38. The lowest BCUT2D eigenvalue weighted by Crippen LogP contribution is -2.38. The van der Waals surface area contributed by atoms with E-state index in [1.54, 1.807) is 0 Å². The molecular weight excluding hydrogens is 265 g/mol. The van der Waals surface area contributed by atoms with Crippen LogP contribution in [0.3, 0.4) is 0 Å². The summed E-state index contributed by atoms with van der Waals surface area (Å²) >= 11 is 0. The summed E-state index contributed by atoms with van der Waals surface area (Å²) in [6, 6.07) is 1.62. The number of nitrogens with one attached hydrogen (secondary N) is 1. The van der Waals surface area contributed by atoms with Crippen molar-refractivity contribution in [1.82, 2.24) is 10.2 Å². The predicted octanol–water partition coefficient (Wildman–Crippen LogP) is 2.68. The number of benzene rings is 1. The van der Waals surface area contributed by atoms with Gasteiger partial charge in [0.05, 0.1) is 0 Å². The molecule has 0 amide bonds. The molecule has 2 fully saturated rings. The van der Waals surface area contributed by atoms with E-state index in [1.807, 2.05) is 0 Å². The average molecular weight is 284 g/mol. The molecule has 110 valence electrons. The summed E-state index contributed by atoms with van der Waals surface area (Å²) in [4.78, 5) is 2.15. The second-order valence-electron chi connectivity index (χ2n) is 6.07. The Hall–Kier alpha value is -1.07. The molecule has 20 heavy (non-hydrogen) atoms. The maximum atomic E-state index is 13.7. The summed E-state index contributed by atoms with van der Waals surface area (Å²) in [7, 11) is 0. The lowest BCUT2D eigenvalue weighted by Gasteiger charge is -2.34. The van der Waals surface area contributed by atoms with E-state index in [2.05, 4.69) is 10.2 Å². The Kier molecular flexibility index (Phi) is 3.73. The maximum Gasteiger partial charge on any atom is 0.161 e. The van der Waals surface area contributed by atoms with Crippen molar-refractivity contribution in [2.75, 3.05) is 26.2 Å². The van der Waals surface area contributed by atoms with Crippen LogP contribution in [-0.4, -0.2) is 31.1 Å². The Labute approximate surface area is 117 Å². The van der Waals surface area contributed by atoms with Crippen molar-refractivity contribution in [3.63, 3.8) is 0 Å². The highest BCUT2D eigenvalue weighted by atomic mass is 19.2. The van der Waals surface area contributed by atoms with Crippen LogP contribution in [-0.2, 0) is 6.54 Å². The van der Waals surface area contributed by atoms with Crippen LogP contribution >= 0.6 is 0 Å². The van der Waals surface area contributed by atoms with Crippen LogP contribution in [0.4, 0.5) is 13.2 Å². The maximum absolute atomic E-state index is 13.7. The van der Waals surface area contributed by atoms with Crippen LogP contribution in [0.25, 0.3) is 0 Å². The van der Waals surface area contributed by atoms with Gasteiger partial charge in [-0.3, -0.25) is 4.90 Å². The molecule has 1 spiro atoms. The molecule has 0 radical (unpaired) electrons. The Morgan fingerprint density at radius 2 is 1.70 bits per heavy atom. The number of hydrogen-bond donors (Lipinski definition) is 1. The van der Waals surface area contributed by atoms with E-state index in [1.165, 1.54) is 0 Å². The monoisotopic (exact) mass is 284 g/mol. The second-order valence-corrected chi connectivity index (χ2v) is 6.07. The number of likely N-dealkylation sites (tertiary alicyclic amines) is 1. The minimum Gasteiger partial charge on any atom is -0.317 e. The SMILES string of the molecule is Fc1cc(F)c(CN2CCC3(CCNCC3)C2)cc1F. The first kappa shape index (κ1) is 13.9.